The SMILES string of the molecule is C=CCC(OP(=O)(O)O)C(O)CO. The number of phosphoric acid groups is 1. The second-order valence-corrected chi connectivity index (χ2v) is 3.60. The summed E-state index contributed by atoms with van der Waals surface area (Å²) in [6.45, 7) is 2.70. The van der Waals surface area contributed by atoms with Gasteiger partial charge in [0.15, 0.2) is 0 Å². The molecule has 0 aromatic rings. The molecule has 0 heterocycles. The maximum absolute atomic E-state index is 10.4. The summed E-state index contributed by atoms with van der Waals surface area (Å²) in [5.41, 5.74) is 0. The van der Waals surface area contributed by atoms with Crippen LogP contribution >= 0.6 is 7.82 Å². The largest absolute Gasteiger partial charge is 0.469 e. The molecule has 78 valence electrons. The van der Waals surface area contributed by atoms with Crippen LogP contribution in [0.5, 0.6) is 0 Å². The maximum atomic E-state index is 10.4. The highest BCUT2D eigenvalue weighted by molar-refractivity contribution is 7.46. The van der Waals surface area contributed by atoms with E-state index in [2.05, 4.69) is 11.1 Å². The van der Waals surface area contributed by atoms with E-state index in [0.29, 0.717) is 0 Å². The molecule has 6 nitrogen and oxygen atoms in total. The molecule has 0 bridgehead atoms. The second-order valence-electron chi connectivity index (χ2n) is 2.41. The van der Waals surface area contributed by atoms with Crippen molar-refractivity contribution in [2.45, 2.75) is 18.6 Å². The summed E-state index contributed by atoms with van der Waals surface area (Å²) in [5, 5.41) is 17.6. The summed E-state index contributed by atoms with van der Waals surface area (Å²) in [6, 6.07) is 0. The molecule has 0 aliphatic carbocycles. The lowest BCUT2D eigenvalue weighted by molar-refractivity contribution is -0.0117. The lowest BCUT2D eigenvalue weighted by atomic mass is 10.1. The molecule has 4 N–H and O–H groups in total. The Morgan fingerprint density at radius 1 is 1.54 bits per heavy atom. The van der Waals surface area contributed by atoms with Crippen molar-refractivity contribution < 1.29 is 29.1 Å². The van der Waals surface area contributed by atoms with Crippen LogP contribution in [0.25, 0.3) is 0 Å². The zero-order chi connectivity index (χ0) is 10.5. The minimum atomic E-state index is -4.64. The van der Waals surface area contributed by atoms with Crippen LogP contribution in [-0.2, 0) is 9.09 Å². The van der Waals surface area contributed by atoms with E-state index in [1.54, 1.807) is 0 Å². The first-order valence-electron chi connectivity index (χ1n) is 3.54. The average Bonchev–Trinajstić information content (AvgIpc) is 2.00. The summed E-state index contributed by atoms with van der Waals surface area (Å²) >= 11 is 0. The predicted molar refractivity (Wildman–Crippen MR) is 44.8 cm³/mol. The van der Waals surface area contributed by atoms with E-state index in [1.807, 2.05) is 0 Å². The van der Waals surface area contributed by atoms with Gasteiger partial charge in [-0.3, -0.25) is 4.52 Å². The van der Waals surface area contributed by atoms with Crippen molar-refractivity contribution in [2.24, 2.45) is 0 Å². The minimum Gasteiger partial charge on any atom is -0.394 e. The van der Waals surface area contributed by atoms with Gasteiger partial charge in [0, 0.05) is 0 Å². The molecule has 0 aliphatic heterocycles. The lowest BCUT2D eigenvalue weighted by Gasteiger charge is -2.20. The summed E-state index contributed by atoms with van der Waals surface area (Å²) in [6.07, 6.45) is -1.08. The van der Waals surface area contributed by atoms with Crippen molar-refractivity contribution in [1.29, 1.82) is 0 Å². The highest BCUT2D eigenvalue weighted by Crippen LogP contribution is 2.38. The van der Waals surface area contributed by atoms with Gasteiger partial charge in [-0.2, -0.15) is 0 Å². The molecule has 0 amide bonds. The Balaban J connectivity index is 4.25. The number of hydrogen-bond donors (Lipinski definition) is 4. The van der Waals surface area contributed by atoms with Crippen molar-refractivity contribution in [1.82, 2.24) is 0 Å². The van der Waals surface area contributed by atoms with E-state index < -0.39 is 26.6 Å². The molecular formula is C6H13O6P. The smallest absolute Gasteiger partial charge is 0.394 e. The van der Waals surface area contributed by atoms with E-state index in [9.17, 15) is 4.57 Å². The fourth-order valence-corrected chi connectivity index (χ4v) is 1.31. The van der Waals surface area contributed by atoms with Crippen LogP contribution in [-0.4, -0.2) is 38.8 Å². The molecule has 2 atom stereocenters. The van der Waals surface area contributed by atoms with Crippen LogP contribution < -0.4 is 0 Å². The van der Waals surface area contributed by atoms with Crippen LogP contribution in [0.3, 0.4) is 0 Å². The average molecular weight is 212 g/mol. The van der Waals surface area contributed by atoms with Gasteiger partial charge in [0.2, 0.25) is 0 Å². The Bertz CT molecular complexity index is 199. The van der Waals surface area contributed by atoms with Gasteiger partial charge in [0.05, 0.1) is 6.61 Å². The molecule has 0 saturated carbocycles. The van der Waals surface area contributed by atoms with Gasteiger partial charge in [-0.05, 0) is 6.42 Å². The molecule has 0 spiro atoms. The quantitative estimate of drug-likeness (QED) is 0.345. The van der Waals surface area contributed by atoms with Gasteiger partial charge in [-0.25, -0.2) is 4.57 Å². The van der Waals surface area contributed by atoms with E-state index in [1.165, 1.54) is 6.08 Å². The lowest BCUT2D eigenvalue weighted by Crippen LogP contribution is -2.30. The highest BCUT2D eigenvalue weighted by Gasteiger charge is 2.26. The van der Waals surface area contributed by atoms with Crippen LogP contribution in [0, 0.1) is 0 Å². The summed E-state index contributed by atoms with van der Waals surface area (Å²) < 4.78 is 14.6. The predicted octanol–water partition coefficient (Wildman–Crippen LogP) is -0.606. The summed E-state index contributed by atoms with van der Waals surface area (Å²) in [7, 11) is -4.64. The fourth-order valence-electron chi connectivity index (χ4n) is 0.729. The Morgan fingerprint density at radius 2 is 2.08 bits per heavy atom. The van der Waals surface area contributed by atoms with Crippen molar-refractivity contribution in [3.05, 3.63) is 12.7 Å². The molecule has 0 saturated heterocycles. The van der Waals surface area contributed by atoms with Crippen molar-refractivity contribution in [3.8, 4) is 0 Å². The first-order chi connectivity index (χ1) is 5.90. The molecule has 0 aliphatic rings. The summed E-state index contributed by atoms with van der Waals surface area (Å²) in [5.74, 6) is 0. The van der Waals surface area contributed by atoms with Crippen molar-refractivity contribution in [2.75, 3.05) is 6.61 Å². The molecule has 0 aromatic heterocycles. The fraction of sp³-hybridized carbons (Fsp3) is 0.667. The first kappa shape index (κ1) is 12.8. The number of aliphatic hydroxyl groups is 2. The maximum Gasteiger partial charge on any atom is 0.469 e. The van der Waals surface area contributed by atoms with Crippen LogP contribution in [0.15, 0.2) is 12.7 Å². The Hall–Kier alpha value is -0.230. The van der Waals surface area contributed by atoms with E-state index in [-0.39, 0.29) is 6.42 Å². The zero-order valence-corrected chi connectivity index (χ0v) is 7.80. The van der Waals surface area contributed by atoms with Gasteiger partial charge >= 0.3 is 7.82 Å². The third-order valence-corrected chi connectivity index (χ3v) is 1.83. The van der Waals surface area contributed by atoms with E-state index in [4.69, 9.17) is 20.0 Å². The summed E-state index contributed by atoms with van der Waals surface area (Å²) in [4.78, 5) is 16.8. The first-order valence-corrected chi connectivity index (χ1v) is 5.07. The normalized spacial score (nSPS) is 16.6. The van der Waals surface area contributed by atoms with Crippen molar-refractivity contribution >= 4 is 7.82 Å². The molecule has 0 aromatic carbocycles. The van der Waals surface area contributed by atoms with Crippen LogP contribution in [0.1, 0.15) is 6.42 Å². The molecule has 0 fully saturated rings. The topological polar surface area (TPSA) is 107 Å². The molecular weight excluding hydrogens is 199 g/mol. The standard InChI is InChI=1S/C6H13O6P/c1-2-3-6(5(8)4-7)12-13(9,10)11/h2,5-8H,1,3-4H2,(H2,9,10,11). The molecule has 13 heavy (non-hydrogen) atoms. The highest BCUT2D eigenvalue weighted by atomic mass is 31.2. The van der Waals surface area contributed by atoms with Gasteiger partial charge in [0.25, 0.3) is 0 Å². The van der Waals surface area contributed by atoms with Gasteiger partial charge in [-0.1, -0.05) is 6.08 Å². The van der Waals surface area contributed by atoms with Crippen molar-refractivity contribution in [3.63, 3.8) is 0 Å². The second kappa shape index (κ2) is 5.49. The minimum absolute atomic E-state index is 0.0484. The van der Waals surface area contributed by atoms with Gasteiger partial charge in [-0.15, -0.1) is 6.58 Å². The third kappa shape index (κ3) is 5.93. The van der Waals surface area contributed by atoms with Gasteiger partial charge in [0.1, 0.15) is 12.2 Å². The zero-order valence-electron chi connectivity index (χ0n) is 6.91. The Labute approximate surface area is 75.7 Å². The van der Waals surface area contributed by atoms with Gasteiger partial charge < -0.3 is 20.0 Å². The number of hydrogen-bond acceptors (Lipinski definition) is 4. The monoisotopic (exact) mass is 212 g/mol. The molecule has 2 unspecified atom stereocenters. The number of rotatable bonds is 6. The van der Waals surface area contributed by atoms with Crippen LogP contribution in [0.4, 0.5) is 0 Å². The Kier molecular flexibility index (Phi) is 5.39. The molecule has 7 heteroatoms. The molecule has 0 radical (unpaired) electrons. The van der Waals surface area contributed by atoms with E-state index >= 15 is 0 Å². The van der Waals surface area contributed by atoms with Crippen LogP contribution in [0.2, 0.25) is 0 Å². The Morgan fingerprint density at radius 3 is 2.38 bits per heavy atom. The molecule has 0 rings (SSSR count). The number of phosphoric ester groups is 1. The third-order valence-electron chi connectivity index (χ3n) is 1.29. The number of aliphatic hydroxyl groups excluding tert-OH is 2. The van der Waals surface area contributed by atoms with E-state index in [0.717, 1.165) is 0 Å².